The van der Waals surface area contributed by atoms with Crippen LogP contribution < -0.4 is 9.64 Å². The van der Waals surface area contributed by atoms with Crippen molar-refractivity contribution < 1.29 is 23.9 Å². The SMILES string of the molecule is COc1ccc(C(=O)COC(=O)c2ccc(N3CCCC3=O)cc2)cc1. The Morgan fingerprint density at radius 2 is 1.65 bits per heavy atom. The minimum absolute atomic E-state index is 0.0883. The lowest BCUT2D eigenvalue weighted by Gasteiger charge is -2.15. The highest BCUT2D eigenvalue weighted by atomic mass is 16.5. The standard InChI is InChI=1S/C20H19NO5/c1-25-17-10-6-14(7-11-17)18(22)13-26-20(24)15-4-8-16(9-5-15)21-12-2-3-19(21)23/h4-11H,2-3,12-13H2,1H3. The van der Waals surface area contributed by atoms with Gasteiger partial charge in [0.2, 0.25) is 5.91 Å². The molecule has 0 aliphatic carbocycles. The van der Waals surface area contributed by atoms with Crippen LogP contribution in [-0.4, -0.2) is 37.9 Å². The number of methoxy groups -OCH3 is 1. The summed E-state index contributed by atoms with van der Waals surface area (Å²) >= 11 is 0. The lowest BCUT2D eigenvalue weighted by atomic mass is 10.1. The maximum atomic E-state index is 12.1. The number of anilines is 1. The third-order valence-electron chi connectivity index (χ3n) is 4.23. The molecule has 3 rings (SSSR count). The van der Waals surface area contributed by atoms with Crippen molar-refractivity contribution in [2.75, 3.05) is 25.2 Å². The first-order chi connectivity index (χ1) is 12.6. The summed E-state index contributed by atoms with van der Waals surface area (Å²) in [5.74, 6) is -0.132. The number of esters is 1. The molecule has 0 saturated carbocycles. The summed E-state index contributed by atoms with van der Waals surface area (Å²) in [6.07, 6.45) is 1.40. The fourth-order valence-electron chi connectivity index (χ4n) is 2.77. The first-order valence-corrected chi connectivity index (χ1v) is 8.33. The van der Waals surface area contributed by atoms with Gasteiger partial charge in [0.05, 0.1) is 12.7 Å². The Kier molecular flexibility index (Phi) is 5.31. The Bertz CT molecular complexity index is 811. The second-order valence-corrected chi connectivity index (χ2v) is 5.92. The number of carbonyl (C=O) groups is 3. The van der Waals surface area contributed by atoms with Gasteiger partial charge in [-0.25, -0.2) is 4.79 Å². The van der Waals surface area contributed by atoms with Crippen LogP contribution in [0.15, 0.2) is 48.5 Å². The second-order valence-electron chi connectivity index (χ2n) is 5.92. The molecule has 1 fully saturated rings. The third kappa shape index (κ3) is 3.91. The van der Waals surface area contributed by atoms with E-state index in [9.17, 15) is 14.4 Å². The van der Waals surface area contributed by atoms with Crippen molar-refractivity contribution in [3.8, 4) is 5.75 Å². The Labute approximate surface area is 151 Å². The van der Waals surface area contributed by atoms with Crippen LogP contribution >= 0.6 is 0 Å². The van der Waals surface area contributed by atoms with Gasteiger partial charge in [-0.15, -0.1) is 0 Å². The number of benzene rings is 2. The number of nitrogens with zero attached hydrogens (tertiary/aromatic N) is 1. The third-order valence-corrected chi connectivity index (χ3v) is 4.23. The van der Waals surface area contributed by atoms with E-state index in [0.717, 1.165) is 12.1 Å². The Morgan fingerprint density at radius 3 is 2.23 bits per heavy atom. The molecule has 26 heavy (non-hydrogen) atoms. The fraction of sp³-hybridized carbons (Fsp3) is 0.250. The van der Waals surface area contributed by atoms with E-state index in [1.165, 1.54) is 0 Å². The highest BCUT2D eigenvalue weighted by Crippen LogP contribution is 2.21. The average Bonchev–Trinajstić information content (AvgIpc) is 3.12. The quantitative estimate of drug-likeness (QED) is 0.590. The monoisotopic (exact) mass is 353 g/mol. The fourth-order valence-corrected chi connectivity index (χ4v) is 2.77. The van der Waals surface area contributed by atoms with Gasteiger partial charge >= 0.3 is 5.97 Å². The van der Waals surface area contributed by atoms with Crippen molar-refractivity contribution in [1.82, 2.24) is 0 Å². The Hall–Kier alpha value is -3.15. The van der Waals surface area contributed by atoms with Crippen molar-refractivity contribution in [2.45, 2.75) is 12.8 Å². The summed E-state index contributed by atoms with van der Waals surface area (Å²) in [5.41, 5.74) is 1.54. The minimum atomic E-state index is -0.578. The number of carbonyl (C=O) groups excluding carboxylic acids is 3. The van der Waals surface area contributed by atoms with Crippen molar-refractivity contribution in [1.29, 1.82) is 0 Å². The molecule has 1 heterocycles. The molecule has 2 aromatic carbocycles. The lowest BCUT2D eigenvalue weighted by molar-refractivity contribution is -0.117. The summed E-state index contributed by atoms with van der Waals surface area (Å²) in [5, 5.41) is 0. The van der Waals surface area contributed by atoms with Crippen LogP contribution in [0.25, 0.3) is 0 Å². The topological polar surface area (TPSA) is 72.9 Å². The average molecular weight is 353 g/mol. The second kappa shape index (κ2) is 7.82. The molecule has 0 aromatic heterocycles. The van der Waals surface area contributed by atoms with Gasteiger partial charge in [0.1, 0.15) is 5.75 Å². The maximum absolute atomic E-state index is 12.1. The van der Waals surface area contributed by atoms with Gasteiger partial charge in [0, 0.05) is 24.2 Å². The van der Waals surface area contributed by atoms with Crippen molar-refractivity contribution in [3.63, 3.8) is 0 Å². The van der Waals surface area contributed by atoms with E-state index in [2.05, 4.69) is 0 Å². The number of hydrogen-bond acceptors (Lipinski definition) is 5. The van der Waals surface area contributed by atoms with Gasteiger partial charge in [-0.3, -0.25) is 9.59 Å². The summed E-state index contributed by atoms with van der Waals surface area (Å²) in [7, 11) is 1.55. The van der Waals surface area contributed by atoms with Crippen LogP contribution in [0.1, 0.15) is 33.6 Å². The number of rotatable bonds is 6. The maximum Gasteiger partial charge on any atom is 0.338 e. The van der Waals surface area contributed by atoms with Crippen LogP contribution in [0.4, 0.5) is 5.69 Å². The number of hydrogen-bond donors (Lipinski definition) is 0. The molecule has 0 N–H and O–H groups in total. The van der Waals surface area contributed by atoms with E-state index < -0.39 is 5.97 Å². The predicted molar refractivity (Wildman–Crippen MR) is 95.6 cm³/mol. The van der Waals surface area contributed by atoms with Crippen LogP contribution in [0.3, 0.4) is 0 Å². The smallest absolute Gasteiger partial charge is 0.338 e. The summed E-state index contributed by atoms with van der Waals surface area (Å²) < 4.78 is 10.1. The first-order valence-electron chi connectivity index (χ1n) is 8.33. The van der Waals surface area contributed by atoms with E-state index in [1.54, 1.807) is 60.5 Å². The number of ether oxygens (including phenoxy) is 2. The van der Waals surface area contributed by atoms with E-state index in [-0.39, 0.29) is 18.3 Å². The number of amides is 1. The molecule has 0 atom stereocenters. The molecule has 1 aliphatic heterocycles. The van der Waals surface area contributed by atoms with Crippen LogP contribution in [-0.2, 0) is 9.53 Å². The van der Waals surface area contributed by atoms with Crippen LogP contribution in [0.2, 0.25) is 0 Å². The molecule has 0 bridgehead atoms. The molecule has 6 nitrogen and oxygen atoms in total. The summed E-state index contributed by atoms with van der Waals surface area (Å²) in [6.45, 7) is 0.358. The van der Waals surface area contributed by atoms with Gasteiger partial charge < -0.3 is 14.4 Å². The largest absolute Gasteiger partial charge is 0.497 e. The van der Waals surface area contributed by atoms with Crippen molar-refractivity contribution >= 4 is 23.3 Å². The molecule has 134 valence electrons. The molecule has 2 aromatic rings. The lowest BCUT2D eigenvalue weighted by Crippen LogP contribution is -2.23. The molecule has 1 saturated heterocycles. The zero-order valence-electron chi connectivity index (χ0n) is 14.4. The van der Waals surface area contributed by atoms with E-state index in [1.807, 2.05) is 0 Å². The highest BCUT2D eigenvalue weighted by molar-refractivity contribution is 6.00. The van der Waals surface area contributed by atoms with E-state index >= 15 is 0 Å². The number of ketones is 1. The van der Waals surface area contributed by atoms with Crippen molar-refractivity contribution in [2.24, 2.45) is 0 Å². The Balaban J connectivity index is 1.57. The molecule has 0 radical (unpaired) electrons. The highest BCUT2D eigenvalue weighted by Gasteiger charge is 2.22. The normalized spacial score (nSPS) is 13.6. The molecule has 6 heteroatoms. The van der Waals surface area contributed by atoms with E-state index in [0.29, 0.717) is 29.8 Å². The first kappa shape index (κ1) is 17.7. The van der Waals surface area contributed by atoms with Gasteiger partial charge in [-0.05, 0) is 55.0 Å². The molecule has 1 aliphatic rings. The molecule has 0 spiro atoms. The van der Waals surface area contributed by atoms with Gasteiger partial charge in [0.25, 0.3) is 0 Å². The molecule has 0 unspecified atom stereocenters. The summed E-state index contributed by atoms with van der Waals surface area (Å²) in [4.78, 5) is 37.6. The van der Waals surface area contributed by atoms with Crippen molar-refractivity contribution in [3.05, 3.63) is 59.7 Å². The molecule has 1 amide bonds. The Morgan fingerprint density at radius 1 is 1.00 bits per heavy atom. The predicted octanol–water partition coefficient (Wildman–Crippen LogP) is 2.86. The molecular formula is C20H19NO5. The zero-order valence-corrected chi connectivity index (χ0v) is 14.4. The van der Waals surface area contributed by atoms with Gasteiger partial charge in [0.15, 0.2) is 12.4 Å². The van der Waals surface area contributed by atoms with Crippen LogP contribution in [0.5, 0.6) is 5.75 Å². The zero-order chi connectivity index (χ0) is 18.5. The molecular weight excluding hydrogens is 334 g/mol. The minimum Gasteiger partial charge on any atom is -0.497 e. The van der Waals surface area contributed by atoms with E-state index in [4.69, 9.17) is 9.47 Å². The van der Waals surface area contributed by atoms with Gasteiger partial charge in [-0.2, -0.15) is 0 Å². The number of Topliss-reactive ketones (excluding diaryl/α,β-unsaturated/α-hetero) is 1. The van der Waals surface area contributed by atoms with Gasteiger partial charge in [-0.1, -0.05) is 0 Å². The summed E-state index contributed by atoms with van der Waals surface area (Å²) in [6, 6.07) is 13.2. The van der Waals surface area contributed by atoms with Crippen LogP contribution in [0, 0.1) is 0 Å².